The van der Waals surface area contributed by atoms with Crippen LogP contribution in [0.3, 0.4) is 0 Å². The normalized spacial score (nSPS) is 13.2. The minimum atomic E-state index is -0.107. The first-order valence-electron chi connectivity index (χ1n) is 45.4. The van der Waals surface area contributed by atoms with E-state index in [2.05, 4.69) is 395 Å². The summed E-state index contributed by atoms with van der Waals surface area (Å²) in [7, 11) is 0. The van der Waals surface area contributed by atoms with Gasteiger partial charge in [-0.2, -0.15) is 0 Å². The number of thiophene rings is 1. The Balaban J connectivity index is 0.000000114. The molecule has 3 aliphatic rings. The third-order valence-electron chi connectivity index (χ3n) is 28.3. The number of nitrogens with zero attached hydrogens (tertiary/aromatic N) is 9. The monoisotopic (exact) mass is 1770 g/mol. The lowest BCUT2D eigenvalue weighted by molar-refractivity contribution is 0.660. The van der Waals surface area contributed by atoms with E-state index in [-0.39, 0.29) is 38.5 Å². The Morgan fingerprint density at radius 3 is 1.01 bits per heavy atom. The zero-order valence-electron chi connectivity index (χ0n) is 73.8. The highest BCUT2D eigenvalue weighted by molar-refractivity contribution is 7.25. The molecule has 0 amide bonds. The van der Waals surface area contributed by atoms with E-state index in [1.807, 2.05) is 66.3 Å². The van der Waals surface area contributed by atoms with E-state index < -0.39 is 0 Å². The molecule has 9 aromatic heterocycles. The van der Waals surface area contributed by atoms with E-state index in [1.165, 1.54) is 97.7 Å². The number of furan rings is 2. The Morgan fingerprint density at radius 1 is 0.235 bits per heavy atom. The summed E-state index contributed by atoms with van der Waals surface area (Å²) >= 11 is 1.83. The van der Waals surface area contributed by atoms with E-state index in [9.17, 15) is 0 Å². The topological polar surface area (TPSA) is 117 Å². The minimum absolute atomic E-state index is 0. The molecule has 28 rings (SSSR count). The van der Waals surface area contributed by atoms with Crippen LogP contribution in [0.15, 0.2) is 404 Å². The van der Waals surface area contributed by atoms with Gasteiger partial charge in [0.25, 0.3) is 0 Å². The molecule has 25 aromatic rings. The number of aromatic nitrogens is 9. The van der Waals surface area contributed by atoms with Crippen LogP contribution in [-0.4, -0.2) is 43.1 Å². The van der Waals surface area contributed by atoms with Crippen LogP contribution in [0.4, 0.5) is 0 Å². The second kappa shape index (κ2) is 32.2. The largest absolute Gasteiger partial charge is 0.456 e. The summed E-state index contributed by atoms with van der Waals surface area (Å²) in [6.07, 6.45) is 12.3. The van der Waals surface area contributed by atoms with Crippen LogP contribution in [0, 0.1) is 0 Å². The summed E-state index contributed by atoms with van der Waals surface area (Å²) in [5.74, 6) is 0. The van der Waals surface area contributed by atoms with Crippen molar-refractivity contribution in [1.29, 1.82) is 0 Å². The maximum atomic E-state index is 6.31. The van der Waals surface area contributed by atoms with Crippen LogP contribution >= 0.6 is 11.3 Å². The summed E-state index contributed by atoms with van der Waals surface area (Å²) in [5.41, 5.74) is 39.6. The molecule has 0 fully saturated rings. The molecule has 12 heteroatoms. The van der Waals surface area contributed by atoms with Crippen molar-refractivity contribution in [2.24, 2.45) is 0 Å². The molecule has 0 N–H and O–H groups in total. The quantitative estimate of drug-likeness (QED) is 0.140. The summed E-state index contributed by atoms with van der Waals surface area (Å²) in [4.78, 5) is 30.9. The van der Waals surface area contributed by atoms with E-state index in [4.69, 9.17) is 38.7 Å². The predicted octanol–water partition coefficient (Wildman–Crippen LogP) is 33.3. The van der Waals surface area contributed by atoms with Crippen molar-refractivity contribution in [1.82, 2.24) is 43.1 Å². The zero-order chi connectivity index (χ0) is 88.7. The number of rotatable bonds is 9. The van der Waals surface area contributed by atoms with E-state index in [0.29, 0.717) is 0 Å². The van der Waals surface area contributed by atoms with Crippen LogP contribution in [0.2, 0.25) is 0 Å². The molecule has 0 unspecified atom stereocenters. The first-order valence-corrected chi connectivity index (χ1v) is 46.2. The van der Waals surface area contributed by atoms with Crippen molar-refractivity contribution in [2.45, 2.75) is 80.1 Å². The first kappa shape index (κ1) is 83.8. The van der Waals surface area contributed by atoms with Gasteiger partial charge >= 0.3 is 0 Å². The standard InChI is InChI=1S/C43H29N3O.C39H27N3O.C39H27N3S.3CH4/c1-43(2)35-16-7-5-13-30(35)31-20-18-27(22-36(31)43)37-25-46-38(32-15-9-11-26-10-3-4-12-29(26)32)24-44-42(46)41(45-37)28-19-21-34-33-14-6-8-17-39(33)47-40(34)23-28;2*1-39(2)31-14-8-6-12-27(31)28-18-16-25(20-32(28)39)33-23-42-34(24-10-4-3-5-11-24)22-40-38(42)37(41-33)26-17-19-30-29-13-7-9-15-35(29)43-36(30)21-26;;;/h3-25H,1-2H3;2*3-23H,1-2H3;3*1H4. The molecule has 11 nitrogen and oxygen atoms in total. The molecule has 0 aliphatic heterocycles. The van der Waals surface area contributed by atoms with Gasteiger partial charge in [0.15, 0.2) is 16.9 Å². The molecule has 3 aliphatic carbocycles. The molecule has 654 valence electrons. The zero-order valence-corrected chi connectivity index (χ0v) is 74.6. The van der Waals surface area contributed by atoms with Gasteiger partial charge in [0.1, 0.15) is 39.4 Å². The molecule has 0 saturated heterocycles. The lowest BCUT2D eigenvalue weighted by Crippen LogP contribution is -2.15. The van der Waals surface area contributed by atoms with Crippen LogP contribution in [0.1, 0.15) is 97.2 Å². The molecule has 136 heavy (non-hydrogen) atoms. The Labute approximate surface area is 792 Å². The second-order valence-corrected chi connectivity index (χ2v) is 38.0. The number of para-hydroxylation sites is 2. The molecule has 0 bridgehead atoms. The molecular weight excluding hydrogens is 1680 g/mol. The number of hydrogen-bond acceptors (Lipinski definition) is 9. The minimum Gasteiger partial charge on any atom is -0.456 e. The Bertz CT molecular complexity index is 8810. The van der Waals surface area contributed by atoms with E-state index in [1.54, 1.807) is 0 Å². The number of benzene rings is 16. The number of imidazole rings is 3. The van der Waals surface area contributed by atoms with Gasteiger partial charge < -0.3 is 8.83 Å². The summed E-state index contributed by atoms with van der Waals surface area (Å²) in [6, 6.07) is 127. The molecule has 16 aromatic carbocycles. The average molecular weight is 1780 g/mol. The highest BCUT2D eigenvalue weighted by atomic mass is 32.1. The van der Waals surface area contributed by atoms with Crippen molar-refractivity contribution in [3.63, 3.8) is 0 Å². The van der Waals surface area contributed by atoms with Gasteiger partial charge in [-0.05, 0) is 144 Å². The maximum Gasteiger partial charge on any atom is 0.164 e. The maximum absolute atomic E-state index is 6.31. The molecule has 0 saturated carbocycles. The smallest absolute Gasteiger partial charge is 0.164 e. The van der Waals surface area contributed by atoms with Crippen LogP contribution in [0.25, 0.3) is 226 Å². The third-order valence-corrected chi connectivity index (χ3v) is 29.4. The first-order chi connectivity index (χ1) is 65.2. The number of hydrogen-bond donors (Lipinski definition) is 0. The van der Waals surface area contributed by atoms with Gasteiger partial charge in [-0.25, -0.2) is 29.9 Å². The Morgan fingerprint density at radius 2 is 0.559 bits per heavy atom. The molecule has 0 atom stereocenters. The summed E-state index contributed by atoms with van der Waals surface area (Å²) in [6.45, 7) is 13.9. The number of fused-ring (bicyclic) bond motifs is 22. The van der Waals surface area contributed by atoms with Crippen LogP contribution < -0.4 is 0 Å². The highest BCUT2D eigenvalue weighted by Crippen LogP contribution is 2.54. The van der Waals surface area contributed by atoms with Gasteiger partial charge in [-0.3, -0.25) is 13.2 Å². The van der Waals surface area contributed by atoms with Crippen molar-refractivity contribution in [3.05, 3.63) is 428 Å². The molecule has 0 spiro atoms. The summed E-state index contributed by atoms with van der Waals surface area (Å²) < 4.78 is 21.8. The van der Waals surface area contributed by atoms with E-state index in [0.717, 1.165) is 162 Å². The highest BCUT2D eigenvalue weighted by Gasteiger charge is 2.39. The fourth-order valence-electron chi connectivity index (χ4n) is 21.5. The lowest BCUT2D eigenvalue weighted by atomic mass is 9.82. The lowest BCUT2D eigenvalue weighted by Gasteiger charge is -2.22. The fraction of sp³-hybridized carbons (Fsp3) is 0.0968. The molecular formula is C124H95N9O2S. The Kier molecular flexibility index (Phi) is 19.8. The molecule has 9 heterocycles. The van der Waals surface area contributed by atoms with E-state index >= 15 is 0 Å². The average Bonchev–Trinajstić information content (AvgIpc) is 1.58. The van der Waals surface area contributed by atoms with Crippen molar-refractivity contribution < 1.29 is 8.83 Å². The van der Waals surface area contributed by atoms with Gasteiger partial charge in [0, 0.05) is 127 Å². The van der Waals surface area contributed by atoms with Crippen molar-refractivity contribution in [3.8, 4) is 135 Å². The predicted molar refractivity (Wildman–Crippen MR) is 566 cm³/mol. The van der Waals surface area contributed by atoms with Crippen molar-refractivity contribution >= 4 is 103 Å². The fourth-order valence-corrected chi connectivity index (χ4v) is 22.6. The SMILES string of the molecule is C.C.C.CC1(C)c2ccccc2-c2ccc(-c3cn4c(-c5cccc6ccccc56)cnc4c(-c4ccc5c(c4)oc4ccccc45)n3)cc21.CC1(C)c2ccccc2-c2ccc(-c3cn4c(-c5ccccc5)cnc4c(-c4ccc5c(c4)oc4ccccc45)n3)cc21.CC1(C)c2ccccc2-c2ccc(-c3cn4c(-c5ccccc5)cnc4c(-c4ccc5c(c4)sc4ccccc45)n3)cc21. The van der Waals surface area contributed by atoms with Gasteiger partial charge in [0.2, 0.25) is 0 Å². The van der Waals surface area contributed by atoms with Gasteiger partial charge in [-0.15, -0.1) is 11.3 Å². The van der Waals surface area contributed by atoms with Crippen LogP contribution in [0.5, 0.6) is 0 Å². The van der Waals surface area contributed by atoms with Crippen molar-refractivity contribution in [2.75, 3.05) is 0 Å². The third kappa shape index (κ3) is 13.2. The van der Waals surface area contributed by atoms with Gasteiger partial charge in [0.05, 0.1) is 52.8 Å². The second-order valence-electron chi connectivity index (χ2n) is 36.9. The Hall–Kier alpha value is -16.5. The summed E-state index contributed by atoms with van der Waals surface area (Å²) in [5, 5.41) is 9.39. The molecule has 0 radical (unpaired) electrons. The van der Waals surface area contributed by atoms with Gasteiger partial charge in [-0.1, -0.05) is 355 Å². The van der Waals surface area contributed by atoms with Crippen LogP contribution in [-0.2, 0) is 16.2 Å².